The van der Waals surface area contributed by atoms with E-state index in [4.69, 9.17) is 0 Å². The summed E-state index contributed by atoms with van der Waals surface area (Å²) in [4.78, 5) is 11.6. The van der Waals surface area contributed by atoms with Crippen LogP contribution in [0.3, 0.4) is 0 Å². The van der Waals surface area contributed by atoms with Gasteiger partial charge in [-0.3, -0.25) is 0 Å². The van der Waals surface area contributed by atoms with Gasteiger partial charge < -0.3 is 13.7 Å². The molecule has 0 unspecified atom stereocenters. The Morgan fingerprint density at radius 2 is 1.58 bits per heavy atom. The Balaban J connectivity index is 0.00000529. The Kier molecular flexibility index (Phi) is 7.76. The van der Waals surface area contributed by atoms with Crippen LogP contribution in [0.2, 0.25) is 0 Å². The molecule has 1 aromatic carbocycles. The first kappa shape index (κ1) is 23.2. The molecule has 0 aromatic heterocycles. The molecule has 0 fully saturated rings. The molecule has 0 bridgehead atoms. The second-order valence-electron chi connectivity index (χ2n) is 4.44. The van der Waals surface area contributed by atoms with Gasteiger partial charge in [0.1, 0.15) is 5.75 Å². The molecule has 1 atom stereocenters. The summed E-state index contributed by atoms with van der Waals surface area (Å²) in [5.41, 5.74) is -5.34. The molecule has 0 spiro atoms. The summed E-state index contributed by atoms with van der Waals surface area (Å²) in [5.74, 6) is -2.56. The number of alkyl halides is 3. The number of hydrogen-bond acceptors (Lipinski definition) is 6. The number of amides is 1. The zero-order chi connectivity index (χ0) is 18.1. The fraction of sp³-hybridized carbons (Fsp3) is 0.364. The van der Waals surface area contributed by atoms with E-state index in [1.54, 1.807) is 0 Å². The van der Waals surface area contributed by atoms with Crippen molar-refractivity contribution in [3.63, 3.8) is 0 Å². The maximum Gasteiger partial charge on any atom is 1.00 e. The van der Waals surface area contributed by atoms with Gasteiger partial charge in [-0.15, -0.1) is 0 Å². The van der Waals surface area contributed by atoms with Crippen molar-refractivity contribution in [2.75, 3.05) is 6.26 Å². The number of benzene rings is 1. The Bertz CT molecular complexity index is 790. The van der Waals surface area contributed by atoms with Gasteiger partial charge in [0.05, 0.1) is 15.9 Å². The smallest absolute Gasteiger partial charge is 0.546 e. The van der Waals surface area contributed by atoms with Crippen LogP contribution in [0.25, 0.3) is 4.72 Å². The zero-order valence-corrected chi connectivity index (χ0v) is 16.4. The Labute approximate surface area is 159 Å². The van der Waals surface area contributed by atoms with Gasteiger partial charge >= 0.3 is 45.2 Å². The maximum absolute atomic E-state index is 12.2. The molecule has 0 aliphatic carbocycles. The topological polar surface area (TPSA) is 109 Å². The molecule has 1 rings (SSSR count). The van der Waals surface area contributed by atoms with E-state index in [1.165, 1.54) is 6.92 Å². The van der Waals surface area contributed by atoms with Crippen molar-refractivity contribution in [1.29, 1.82) is 0 Å². The third kappa shape index (κ3) is 6.59. The second-order valence-corrected chi connectivity index (χ2v) is 7.62. The first-order valence-corrected chi connectivity index (χ1v) is 9.06. The van der Waals surface area contributed by atoms with Crippen molar-refractivity contribution < 1.29 is 68.5 Å². The minimum atomic E-state index is -5.79. The van der Waals surface area contributed by atoms with Gasteiger partial charge in [-0.1, -0.05) is 19.1 Å². The molecular formula is C11H11F3NNaO6S2. The molecule has 1 amide bonds. The van der Waals surface area contributed by atoms with Crippen molar-refractivity contribution in [2.24, 2.45) is 0 Å². The first-order chi connectivity index (χ1) is 10.2. The van der Waals surface area contributed by atoms with Crippen LogP contribution < -0.4 is 33.7 Å². The summed E-state index contributed by atoms with van der Waals surface area (Å²) >= 11 is 0. The first-order valence-electron chi connectivity index (χ1n) is 5.80. The summed E-state index contributed by atoms with van der Waals surface area (Å²) in [6.07, 6.45) is 0.733. The normalized spacial score (nSPS) is 13.5. The summed E-state index contributed by atoms with van der Waals surface area (Å²) < 4.78 is 86.8. The molecule has 13 heteroatoms. The van der Waals surface area contributed by atoms with Gasteiger partial charge in [-0.05, 0) is 17.7 Å². The van der Waals surface area contributed by atoms with Gasteiger partial charge in [0, 0.05) is 12.2 Å². The van der Waals surface area contributed by atoms with Crippen LogP contribution in [-0.2, 0) is 24.9 Å². The molecule has 7 nitrogen and oxygen atoms in total. The molecular weight excluding hydrogens is 386 g/mol. The predicted molar refractivity (Wildman–Crippen MR) is 73.7 cm³/mol. The fourth-order valence-corrected chi connectivity index (χ4v) is 2.31. The van der Waals surface area contributed by atoms with E-state index in [9.17, 15) is 34.8 Å². The number of halogens is 3. The van der Waals surface area contributed by atoms with Gasteiger partial charge in [0.15, 0.2) is 0 Å². The molecule has 0 N–H and O–H groups in total. The van der Waals surface area contributed by atoms with Crippen molar-refractivity contribution in [2.45, 2.75) is 18.3 Å². The van der Waals surface area contributed by atoms with Crippen LogP contribution in [0.5, 0.6) is 5.75 Å². The molecule has 1 aromatic rings. The zero-order valence-electron chi connectivity index (χ0n) is 12.7. The van der Waals surface area contributed by atoms with Gasteiger partial charge in [-0.25, -0.2) is 8.42 Å². The summed E-state index contributed by atoms with van der Waals surface area (Å²) in [7, 11) is -9.67. The quantitative estimate of drug-likeness (QED) is 0.354. The SMILES string of the molecule is C[C@@H](C(=O)[N-]S(C)(=O)=O)c1ccc(OS(=O)(=O)C(F)(F)F)cc1.[Na+]. The van der Waals surface area contributed by atoms with Crippen molar-refractivity contribution >= 4 is 26.0 Å². The number of hydrogen-bond donors (Lipinski definition) is 0. The van der Waals surface area contributed by atoms with E-state index < -0.39 is 43.2 Å². The van der Waals surface area contributed by atoms with E-state index in [0.717, 1.165) is 30.5 Å². The van der Waals surface area contributed by atoms with Crippen molar-refractivity contribution in [3.05, 3.63) is 34.6 Å². The Morgan fingerprint density at radius 1 is 1.12 bits per heavy atom. The maximum atomic E-state index is 12.2. The van der Waals surface area contributed by atoms with Crippen LogP contribution in [0.15, 0.2) is 24.3 Å². The molecule has 130 valence electrons. The van der Waals surface area contributed by atoms with E-state index in [2.05, 4.69) is 8.91 Å². The third-order valence-electron chi connectivity index (χ3n) is 2.50. The van der Waals surface area contributed by atoms with Crippen LogP contribution >= 0.6 is 0 Å². The van der Waals surface area contributed by atoms with Crippen LogP contribution in [0.1, 0.15) is 18.4 Å². The monoisotopic (exact) mass is 397 g/mol. The number of nitrogens with zero attached hydrogens (tertiary/aromatic N) is 1. The summed E-state index contributed by atoms with van der Waals surface area (Å²) in [6.45, 7) is 1.33. The predicted octanol–water partition coefficient (Wildman–Crippen LogP) is -1.12. The van der Waals surface area contributed by atoms with Gasteiger partial charge in [0.2, 0.25) is 0 Å². The molecule has 0 aliphatic heterocycles. The molecule has 0 saturated carbocycles. The van der Waals surface area contributed by atoms with E-state index in [1.807, 2.05) is 0 Å². The number of carbonyl (C=O) groups is 1. The molecule has 0 saturated heterocycles. The standard InChI is InChI=1S/C11H12F3NO6S2.Na/c1-7(10(16)15-22(2,17)18)8-3-5-9(6-4-8)21-23(19,20)11(12,13)14;/h3-7H,1-2H3,(H,15,16);/q;+1/p-1/t7-;/m1./s1. The third-order valence-corrected chi connectivity index (χ3v) is 3.99. The number of rotatable bonds is 5. The van der Waals surface area contributed by atoms with Gasteiger partial charge in [0.25, 0.3) is 0 Å². The average molecular weight is 397 g/mol. The van der Waals surface area contributed by atoms with Crippen LogP contribution in [0.4, 0.5) is 13.2 Å². The largest absolute Gasteiger partial charge is 1.00 e. The molecule has 0 radical (unpaired) electrons. The minimum absolute atomic E-state index is 0. The van der Waals surface area contributed by atoms with Crippen LogP contribution in [-0.4, -0.2) is 34.5 Å². The van der Waals surface area contributed by atoms with E-state index in [-0.39, 0.29) is 35.1 Å². The second kappa shape index (κ2) is 8.04. The fourth-order valence-electron chi connectivity index (χ4n) is 1.37. The molecule has 24 heavy (non-hydrogen) atoms. The average Bonchev–Trinajstić information content (AvgIpc) is 2.35. The summed E-state index contributed by atoms with van der Waals surface area (Å²) in [6, 6.07) is 4.06. The Morgan fingerprint density at radius 3 is 1.96 bits per heavy atom. The number of carbonyl (C=O) groups excluding carboxylic acids is 1. The molecule has 0 aliphatic rings. The minimum Gasteiger partial charge on any atom is -0.546 e. The van der Waals surface area contributed by atoms with Crippen molar-refractivity contribution in [1.82, 2.24) is 0 Å². The van der Waals surface area contributed by atoms with Gasteiger partial charge in [-0.2, -0.15) is 21.6 Å². The summed E-state index contributed by atoms with van der Waals surface area (Å²) in [5, 5.41) is 0. The Hall–Kier alpha value is -0.820. The molecule has 0 heterocycles. The van der Waals surface area contributed by atoms with E-state index >= 15 is 0 Å². The van der Waals surface area contributed by atoms with Crippen molar-refractivity contribution in [3.8, 4) is 5.75 Å². The number of sulfonamides is 1. The van der Waals surface area contributed by atoms with Crippen LogP contribution in [0, 0.1) is 0 Å². The van der Waals surface area contributed by atoms with E-state index in [0.29, 0.717) is 0 Å².